The quantitative estimate of drug-likeness (QED) is 0.780. The van der Waals surface area contributed by atoms with Crippen LogP contribution in [-0.2, 0) is 4.79 Å². The van der Waals surface area contributed by atoms with Crippen LogP contribution < -0.4 is 15.8 Å². The van der Waals surface area contributed by atoms with Gasteiger partial charge in [-0.05, 0) is 37.0 Å². The second-order valence-corrected chi connectivity index (χ2v) is 5.55. The van der Waals surface area contributed by atoms with Gasteiger partial charge in [-0.25, -0.2) is 0 Å². The van der Waals surface area contributed by atoms with E-state index in [9.17, 15) is 4.79 Å². The zero-order valence-electron chi connectivity index (χ0n) is 12.6. The van der Waals surface area contributed by atoms with Crippen LogP contribution in [0.4, 0.5) is 11.4 Å². The molecule has 4 nitrogen and oxygen atoms in total. The van der Waals surface area contributed by atoms with E-state index in [-0.39, 0.29) is 18.3 Å². The van der Waals surface area contributed by atoms with Crippen molar-refractivity contribution in [3.8, 4) is 5.75 Å². The number of methoxy groups -OCH3 is 1. The molecule has 118 valence electrons. The number of carbonyl (C=O) groups is 1. The maximum absolute atomic E-state index is 11.9. The minimum absolute atomic E-state index is 0. The van der Waals surface area contributed by atoms with Crippen LogP contribution in [0.1, 0.15) is 44.9 Å². The molecule has 0 spiro atoms. The first-order chi connectivity index (χ1) is 9.69. The molecule has 1 aromatic carbocycles. The van der Waals surface area contributed by atoms with Crippen molar-refractivity contribution in [2.24, 2.45) is 5.92 Å². The molecule has 0 aromatic heterocycles. The predicted octanol–water partition coefficient (Wildman–Crippen LogP) is 4.00. The van der Waals surface area contributed by atoms with Gasteiger partial charge in [-0.2, -0.15) is 0 Å². The molecule has 2 rings (SSSR count). The summed E-state index contributed by atoms with van der Waals surface area (Å²) in [7, 11) is 1.58. The van der Waals surface area contributed by atoms with E-state index < -0.39 is 0 Å². The number of ether oxygens (including phenoxy) is 1. The summed E-state index contributed by atoms with van der Waals surface area (Å²) in [5.41, 5.74) is 7.08. The molecule has 0 aliphatic heterocycles. The second-order valence-electron chi connectivity index (χ2n) is 5.55. The van der Waals surface area contributed by atoms with Crippen LogP contribution in [0.5, 0.6) is 5.75 Å². The highest BCUT2D eigenvalue weighted by molar-refractivity contribution is 5.91. The maximum atomic E-state index is 11.9. The lowest BCUT2D eigenvalue weighted by molar-refractivity contribution is -0.116. The number of rotatable bonds is 6. The average molecular weight is 313 g/mol. The third-order valence-electron chi connectivity index (χ3n) is 4.00. The highest BCUT2D eigenvalue weighted by Gasteiger charge is 2.15. The number of hydrogen-bond donors (Lipinski definition) is 2. The smallest absolute Gasteiger partial charge is 0.224 e. The van der Waals surface area contributed by atoms with Gasteiger partial charge in [0.1, 0.15) is 5.75 Å². The number of carbonyl (C=O) groups excluding carboxylic acids is 1. The molecule has 0 atom stereocenters. The van der Waals surface area contributed by atoms with Gasteiger partial charge in [-0.15, -0.1) is 12.4 Å². The minimum Gasteiger partial charge on any atom is -0.495 e. The van der Waals surface area contributed by atoms with Crippen LogP contribution >= 0.6 is 12.4 Å². The first-order valence-corrected chi connectivity index (χ1v) is 7.42. The molecule has 0 radical (unpaired) electrons. The van der Waals surface area contributed by atoms with Gasteiger partial charge in [0, 0.05) is 12.1 Å². The summed E-state index contributed by atoms with van der Waals surface area (Å²) in [6.45, 7) is 0. The fourth-order valence-electron chi connectivity index (χ4n) is 2.89. The zero-order valence-corrected chi connectivity index (χ0v) is 13.4. The highest BCUT2D eigenvalue weighted by atomic mass is 35.5. The van der Waals surface area contributed by atoms with Crippen LogP contribution in [0.15, 0.2) is 18.2 Å². The number of anilines is 2. The van der Waals surface area contributed by atoms with E-state index >= 15 is 0 Å². The van der Waals surface area contributed by atoms with Crippen LogP contribution in [-0.4, -0.2) is 13.0 Å². The Labute approximate surface area is 132 Å². The fraction of sp³-hybridized carbons (Fsp3) is 0.562. The number of nitrogen functional groups attached to an aromatic ring is 1. The van der Waals surface area contributed by atoms with Gasteiger partial charge in [0.25, 0.3) is 0 Å². The Morgan fingerprint density at radius 1 is 1.38 bits per heavy atom. The van der Waals surface area contributed by atoms with Crippen LogP contribution in [0.25, 0.3) is 0 Å². The van der Waals surface area contributed by atoms with E-state index in [0.717, 1.165) is 18.0 Å². The second kappa shape index (κ2) is 8.78. The van der Waals surface area contributed by atoms with E-state index in [1.54, 1.807) is 19.2 Å². The lowest BCUT2D eigenvalue weighted by Crippen LogP contribution is -2.12. The molecule has 21 heavy (non-hydrogen) atoms. The molecular weight excluding hydrogens is 288 g/mol. The minimum atomic E-state index is 0. The first kappa shape index (κ1) is 17.6. The Morgan fingerprint density at radius 3 is 2.71 bits per heavy atom. The molecule has 1 amide bonds. The summed E-state index contributed by atoms with van der Waals surface area (Å²) in [6, 6.07) is 5.31. The third kappa shape index (κ3) is 5.46. The van der Waals surface area contributed by atoms with Crippen molar-refractivity contribution in [3.63, 3.8) is 0 Å². The molecular formula is C16H25ClN2O2. The lowest BCUT2D eigenvalue weighted by atomic mass is 10.0. The molecule has 1 fully saturated rings. The molecule has 5 heteroatoms. The Hall–Kier alpha value is -1.42. The molecule has 1 saturated carbocycles. The van der Waals surface area contributed by atoms with E-state index in [0.29, 0.717) is 17.9 Å². The fourth-order valence-corrected chi connectivity index (χ4v) is 2.89. The summed E-state index contributed by atoms with van der Waals surface area (Å²) in [4.78, 5) is 11.9. The monoisotopic (exact) mass is 312 g/mol. The summed E-state index contributed by atoms with van der Waals surface area (Å²) in [6.07, 6.45) is 8.15. The molecule has 1 aromatic rings. The van der Waals surface area contributed by atoms with Gasteiger partial charge in [-0.1, -0.05) is 25.7 Å². The molecule has 0 saturated heterocycles. The van der Waals surface area contributed by atoms with Gasteiger partial charge in [0.2, 0.25) is 5.91 Å². The van der Waals surface area contributed by atoms with Crippen molar-refractivity contribution in [2.45, 2.75) is 44.9 Å². The third-order valence-corrected chi connectivity index (χ3v) is 4.00. The van der Waals surface area contributed by atoms with Crippen LogP contribution in [0, 0.1) is 5.92 Å². The maximum Gasteiger partial charge on any atom is 0.224 e. The summed E-state index contributed by atoms with van der Waals surface area (Å²) in [5, 5.41) is 2.88. The topological polar surface area (TPSA) is 64.3 Å². The number of hydrogen-bond acceptors (Lipinski definition) is 3. The molecule has 0 heterocycles. The van der Waals surface area contributed by atoms with Gasteiger partial charge in [0.05, 0.1) is 12.8 Å². The van der Waals surface area contributed by atoms with Crippen LogP contribution in [0.2, 0.25) is 0 Å². The summed E-state index contributed by atoms with van der Waals surface area (Å²) >= 11 is 0. The van der Waals surface area contributed by atoms with Crippen molar-refractivity contribution in [1.29, 1.82) is 0 Å². The lowest BCUT2D eigenvalue weighted by Gasteiger charge is -2.10. The van der Waals surface area contributed by atoms with E-state index in [4.69, 9.17) is 10.5 Å². The van der Waals surface area contributed by atoms with Gasteiger partial charge in [-0.3, -0.25) is 4.79 Å². The predicted molar refractivity (Wildman–Crippen MR) is 89.1 cm³/mol. The Balaban J connectivity index is 0.00000220. The Bertz CT molecular complexity index is 460. The molecule has 1 aliphatic rings. The van der Waals surface area contributed by atoms with Crippen molar-refractivity contribution in [1.82, 2.24) is 0 Å². The Kier molecular flexibility index (Phi) is 7.37. The molecule has 3 N–H and O–H groups in total. The van der Waals surface area contributed by atoms with Crippen molar-refractivity contribution in [2.75, 3.05) is 18.2 Å². The number of nitrogens with two attached hydrogens (primary N) is 1. The number of nitrogens with one attached hydrogen (secondary N) is 1. The normalized spacial score (nSPS) is 14.5. The SMILES string of the molecule is COc1ccc(NC(=O)CCCC2CCCC2)cc1N.Cl. The van der Waals surface area contributed by atoms with E-state index in [1.165, 1.54) is 32.1 Å². The van der Waals surface area contributed by atoms with Gasteiger partial charge >= 0.3 is 0 Å². The van der Waals surface area contributed by atoms with Gasteiger partial charge < -0.3 is 15.8 Å². The van der Waals surface area contributed by atoms with Gasteiger partial charge in [0.15, 0.2) is 0 Å². The summed E-state index contributed by atoms with van der Waals surface area (Å²) in [5.74, 6) is 1.54. The van der Waals surface area contributed by atoms with E-state index in [2.05, 4.69) is 5.32 Å². The van der Waals surface area contributed by atoms with E-state index in [1.807, 2.05) is 6.07 Å². The van der Waals surface area contributed by atoms with Crippen molar-refractivity contribution in [3.05, 3.63) is 18.2 Å². The molecule has 0 unspecified atom stereocenters. The standard InChI is InChI=1S/C16H24N2O2.ClH/c1-20-15-10-9-13(11-14(15)17)18-16(19)8-4-7-12-5-2-3-6-12;/h9-12H,2-8,17H2,1H3,(H,18,19);1H. The average Bonchev–Trinajstić information content (AvgIpc) is 2.92. The van der Waals surface area contributed by atoms with Crippen molar-refractivity contribution < 1.29 is 9.53 Å². The number of halogens is 1. The number of amides is 1. The summed E-state index contributed by atoms with van der Waals surface area (Å²) < 4.78 is 5.09. The first-order valence-electron chi connectivity index (χ1n) is 7.42. The largest absolute Gasteiger partial charge is 0.495 e. The van der Waals surface area contributed by atoms with Crippen molar-refractivity contribution >= 4 is 29.7 Å². The molecule has 0 bridgehead atoms. The zero-order chi connectivity index (χ0) is 14.4. The molecule has 1 aliphatic carbocycles. The Morgan fingerprint density at radius 2 is 2.10 bits per heavy atom. The highest BCUT2D eigenvalue weighted by Crippen LogP contribution is 2.29. The number of benzene rings is 1. The van der Waals surface area contributed by atoms with Crippen LogP contribution in [0.3, 0.4) is 0 Å².